The number of hydroxylamine groups is 1. The summed E-state index contributed by atoms with van der Waals surface area (Å²) in [5.74, 6) is -0.825. The van der Waals surface area contributed by atoms with E-state index >= 15 is 0 Å². The molecule has 0 spiro atoms. The number of benzene rings is 1. The molecule has 1 aromatic rings. The maximum Gasteiger partial charge on any atom is 0.278 e. The van der Waals surface area contributed by atoms with Crippen LogP contribution in [0.4, 0.5) is 0 Å². The van der Waals surface area contributed by atoms with Gasteiger partial charge in [0.1, 0.15) is 0 Å². The van der Waals surface area contributed by atoms with Crippen LogP contribution in [0, 0.1) is 0 Å². The van der Waals surface area contributed by atoms with Gasteiger partial charge in [-0.25, -0.2) is 0 Å². The highest BCUT2D eigenvalue weighted by molar-refractivity contribution is 6.00. The summed E-state index contributed by atoms with van der Waals surface area (Å²) < 4.78 is 0. The Balaban J connectivity index is 3.13. The Hall–Kier alpha value is -1.68. The van der Waals surface area contributed by atoms with Crippen LogP contribution in [-0.4, -0.2) is 12.2 Å². The van der Waals surface area contributed by atoms with Crippen LogP contribution in [0.3, 0.4) is 0 Å². The minimum atomic E-state index is -0.825. The van der Waals surface area contributed by atoms with Crippen molar-refractivity contribution in [2.45, 2.75) is 0 Å². The fourth-order valence-corrected chi connectivity index (χ4v) is 0.825. The van der Waals surface area contributed by atoms with E-state index in [1.54, 1.807) is 18.4 Å². The monoisotopic (exact) mass is 163 g/mol. The molecule has 4 nitrogen and oxygen atoms in total. The van der Waals surface area contributed by atoms with Crippen molar-refractivity contribution in [3.63, 3.8) is 0 Å². The Morgan fingerprint density at radius 3 is 2.58 bits per heavy atom. The highest BCUT2D eigenvalue weighted by Gasteiger charge is 2.09. The first-order valence-corrected chi connectivity index (χ1v) is 3.19. The van der Waals surface area contributed by atoms with Crippen molar-refractivity contribution in [3.8, 4) is 0 Å². The molecule has 0 saturated carbocycles. The summed E-state index contributed by atoms with van der Waals surface area (Å²) in [6.45, 7) is 0. The van der Waals surface area contributed by atoms with Crippen molar-refractivity contribution in [1.29, 1.82) is 0 Å². The lowest BCUT2D eigenvalue weighted by molar-refractivity contribution is 0.0464. The summed E-state index contributed by atoms with van der Waals surface area (Å²) in [6.07, 6.45) is 1.56. The Bertz CT molecular complexity index is 309. The van der Waals surface area contributed by atoms with E-state index in [4.69, 9.17) is 0 Å². The van der Waals surface area contributed by atoms with Gasteiger partial charge in [0.2, 0.25) is 6.29 Å². The molecule has 1 aromatic carbocycles. The molecule has 0 bridgehead atoms. The molecule has 4 heteroatoms. The molecule has 0 aliphatic carbocycles. The Kier molecular flexibility index (Phi) is 2.55. The predicted molar refractivity (Wildman–Crippen MR) is 39.4 cm³/mol. The smallest absolute Gasteiger partial charge is 0.278 e. The standard InChI is InChI=1S/C8H5NO3/c10-5-6-3-1-2-4-7(6)8(11)9-12/h1-4H,(H,9,11). The van der Waals surface area contributed by atoms with Gasteiger partial charge in [0.05, 0.1) is 5.56 Å². The average molecular weight is 163 g/mol. The number of carbonyl (C=O) groups excluding carboxylic acids is 2. The van der Waals surface area contributed by atoms with Crippen LogP contribution in [0.15, 0.2) is 24.3 Å². The van der Waals surface area contributed by atoms with E-state index in [2.05, 4.69) is 0 Å². The van der Waals surface area contributed by atoms with Crippen molar-refractivity contribution >= 4 is 12.2 Å². The van der Waals surface area contributed by atoms with Gasteiger partial charge in [-0.2, -0.15) is 5.48 Å². The van der Waals surface area contributed by atoms with Gasteiger partial charge in [-0.15, -0.1) is 0 Å². The maximum absolute atomic E-state index is 10.8. The van der Waals surface area contributed by atoms with Gasteiger partial charge in [0.15, 0.2) is 0 Å². The average Bonchev–Trinajstić information content (AvgIpc) is 2.16. The van der Waals surface area contributed by atoms with Gasteiger partial charge >= 0.3 is 0 Å². The largest absolute Gasteiger partial charge is 0.285 e. The maximum atomic E-state index is 10.8. The lowest BCUT2D eigenvalue weighted by Crippen LogP contribution is -2.18. The quantitative estimate of drug-likeness (QED) is 0.633. The second kappa shape index (κ2) is 3.64. The van der Waals surface area contributed by atoms with Gasteiger partial charge in [-0.3, -0.25) is 9.59 Å². The van der Waals surface area contributed by atoms with E-state index in [0.29, 0.717) is 0 Å². The first-order chi connectivity index (χ1) is 5.79. The number of hydrogen-bond donors (Lipinski definition) is 1. The fraction of sp³-hybridized carbons (Fsp3) is 0. The molecule has 0 atom stereocenters. The van der Waals surface area contributed by atoms with Gasteiger partial charge in [-0.05, 0) is 6.07 Å². The number of nitrogens with one attached hydrogen (secondary N) is 1. The van der Waals surface area contributed by atoms with Crippen molar-refractivity contribution < 1.29 is 14.8 Å². The summed E-state index contributed by atoms with van der Waals surface area (Å²) in [6, 6.07) is 5.94. The van der Waals surface area contributed by atoms with Gasteiger partial charge in [-0.1, -0.05) is 23.4 Å². The molecular formula is C8H5NO3. The first kappa shape index (κ1) is 8.42. The predicted octanol–water partition coefficient (Wildman–Crippen LogP) is 0.220. The van der Waals surface area contributed by atoms with Crippen LogP contribution in [-0.2, 0) is 10.0 Å². The molecule has 60 valence electrons. The molecule has 1 N–H and O–H groups in total. The van der Waals surface area contributed by atoms with Crippen LogP contribution >= 0.6 is 0 Å². The second-order valence-corrected chi connectivity index (χ2v) is 2.08. The summed E-state index contributed by atoms with van der Waals surface area (Å²) in [5.41, 5.74) is 1.32. The summed E-state index contributed by atoms with van der Waals surface area (Å²) in [5, 5.41) is 9.97. The zero-order valence-corrected chi connectivity index (χ0v) is 6.03. The molecule has 0 unspecified atom stereocenters. The van der Waals surface area contributed by atoms with Crippen molar-refractivity contribution in [2.24, 2.45) is 0 Å². The molecule has 1 amide bonds. The van der Waals surface area contributed by atoms with Gasteiger partial charge < -0.3 is 0 Å². The number of carbonyl (C=O) groups is 1. The van der Waals surface area contributed by atoms with E-state index in [9.17, 15) is 14.8 Å². The third-order valence-corrected chi connectivity index (χ3v) is 1.37. The SMILES string of the molecule is [O]NC(=O)c1ccccc1[C]=O. The van der Waals surface area contributed by atoms with E-state index < -0.39 is 5.91 Å². The van der Waals surface area contributed by atoms with Crippen LogP contribution in [0.1, 0.15) is 15.9 Å². The molecule has 0 saturated heterocycles. The van der Waals surface area contributed by atoms with Crippen LogP contribution in [0.5, 0.6) is 0 Å². The first-order valence-electron chi connectivity index (χ1n) is 3.19. The number of hydrogen-bond acceptors (Lipinski definition) is 2. The molecule has 12 heavy (non-hydrogen) atoms. The molecule has 2 radical (unpaired) electrons. The topological polar surface area (TPSA) is 66.1 Å². The number of amides is 1. The minimum absolute atomic E-state index is 0.0440. The summed E-state index contributed by atoms with van der Waals surface area (Å²) >= 11 is 0. The highest BCUT2D eigenvalue weighted by atomic mass is 16.5. The normalized spacial score (nSPS) is 9.08. The van der Waals surface area contributed by atoms with Crippen LogP contribution < -0.4 is 5.48 Å². The highest BCUT2D eigenvalue weighted by Crippen LogP contribution is 2.04. The molecule has 0 heterocycles. The second-order valence-electron chi connectivity index (χ2n) is 2.08. The Morgan fingerprint density at radius 1 is 1.33 bits per heavy atom. The Morgan fingerprint density at radius 2 is 2.00 bits per heavy atom. The van der Waals surface area contributed by atoms with Gasteiger partial charge in [0.25, 0.3) is 5.91 Å². The zero-order valence-electron chi connectivity index (χ0n) is 6.03. The van der Waals surface area contributed by atoms with Crippen molar-refractivity contribution in [3.05, 3.63) is 35.4 Å². The molecule has 0 fully saturated rings. The zero-order chi connectivity index (χ0) is 8.97. The Labute approximate surface area is 68.8 Å². The third kappa shape index (κ3) is 1.49. The molecule has 0 aromatic heterocycles. The lowest BCUT2D eigenvalue weighted by atomic mass is 10.1. The van der Waals surface area contributed by atoms with Crippen LogP contribution in [0.2, 0.25) is 0 Å². The summed E-state index contributed by atoms with van der Waals surface area (Å²) in [7, 11) is 0. The molecule has 0 aliphatic heterocycles. The van der Waals surface area contributed by atoms with Crippen LogP contribution in [0.25, 0.3) is 0 Å². The van der Waals surface area contributed by atoms with Crippen molar-refractivity contribution in [2.75, 3.05) is 0 Å². The van der Waals surface area contributed by atoms with Gasteiger partial charge in [0, 0.05) is 5.56 Å². The third-order valence-electron chi connectivity index (χ3n) is 1.37. The van der Waals surface area contributed by atoms with E-state index in [1.807, 2.05) is 0 Å². The summed E-state index contributed by atoms with van der Waals surface area (Å²) in [4.78, 5) is 21.0. The van der Waals surface area contributed by atoms with E-state index in [-0.39, 0.29) is 11.1 Å². The lowest BCUT2D eigenvalue weighted by Gasteiger charge is -1.98. The number of rotatable bonds is 2. The minimum Gasteiger partial charge on any atom is -0.285 e. The molecular weight excluding hydrogens is 158 g/mol. The fourth-order valence-electron chi connectivity index (χ4n) is 0.825. The molecule has 1 rings (SSSR count). The molecule has 0 aliphatic rings. The van der Waals surface area contributed by atoms with Crippen molar-refractivity contribution in [1.82, 2.24) is 5.48 Å². The van der Waals surface area contributed by atoms with E-state index in [1.165, 1.54) is 17.6 Å². The van der Waals surface area contributed by atoms with E-state index in [0.717, 1.165) is 0 Å².